The van der Waals surface area contributed by atoms with Crippen molar-refractivity contribution in [2.45, 2.75) is 19.4 Å². The van der Waals surface area contributed by atoms with Gasteiger partial charge in [0.25, 0.3) is 0 Å². The molecule has 0 saturated heterocycles. The Hall–Kier alpha value is -1.64. The zero-order chi connectivity index (χ0) is 13.5. The third-order valence-electron chi connectivity index (χ3n) is 3.30. The maximum Gasteiger partial charge on any atom is 0.0443 e. The van der Waals surface area contributed by atoms with Crippen molar-refractivity contribution in [2.24, 2.45) is 0 Å². The van der Waals surface area contributed by atoms with Crippen LogP contribution in [0.25, 0.3) is 11.1 Å². The largest absolute Gasteiger partial charge is 0.396 e. The minimum Gasteiger partial charge on any atom is -0.396 e. The molecule has 0 radical (unpaired) electrons. The zero-order valence-corrected chi connectivity index (χ0v) is 11.3. The van der Waals surface area contributed by atoms with Crippen molar-refractivity contribution in [3.63, 3.8) is 0 Å². The van der Waals surface area contributed by atoms with Crippen LogP contribution in [0.3, 0.4) is 0 Å². The molecule has 2 aromatic carbocycles. The first-order valence-corrected chi connectivity index (χ1v) is 6.81. The van der Waals surface area contributed by atoms with Gasteiger partial charge in [-0.25, -0.2) is 0 Å². The second kappa shape index (κ2) is 7.07. The molecular weight excluding hydrogens is 234 g/mol. The van der Waals surface area contributed by atoms with Crippen molar-refractivity contribution in [3.8, 4) is 11.1 Å². The van der Waals surface area contributed by atoms with Gasteiger partial charge in [-0.1, -0.05) is 54.6 Å². The Bertz CT molecular complexity index is 478. The Morgan fingerprint density at radius 1 is 0.947 bits per heavy atom. The molecule has 0 aliphatic rings. The quantitative estimate of drug-likeness (QED) is 0.775. The molecule has 1 unspecified atom stereocenters. The van der Waals surface area contributed by atoms with Crippen LogP contribution < -0.4 is 5.32 Å². The lowest BCUT2D eigenvalue weighted by Crippen LogP contribution is -2.20. The van der Waals surface area contributed by atoms with Gasteiger partial charge >= 0.3 is 0 Å². The fourth-order valence-corrected chi connectivity index (χ4v) is 2.11. The molecule has 0 aliphatic carbocycles. The van der Waals surface area contributed by atoms with Crippen LogP contribution in [0.2, 0.25) is 0 Å². The van der Waals surface area contributed by atoms with E-state index in [-0.39, 0.29) is 6.61 Å². The maximum atomic E-state index is 8.77. The number of aliphatic hydroxyl groups is 1. The molecule has 2 N–H and O–H groups in total. The third-order valence-corrected chi connectivity index (χ3v) is 3.30. The molecule has 1 atom stereocenters. The molecule has 0 bridgehead atoms. The fourth-order valence-electron chi connectivity index (χ4n) is 2.11. The summed E-state index contributed by atoms with van der Waals surface area (Å²) in [5.74, 6) is 0. The van der Waals surface area contributed by atoms with Crippen molar-refractivity contribution in [2.75, 3.05) is 13.2 Å². The second-order valence-corrected chi connectivity index (χ2v) is 4.74. The van der Waals surface area contributed by atoms with E-state index < -0.39 is 0 Å². The van der Waals surface area contributed by atoms with Crippen molar-refractivity contribution in [1.82, 2.24) is 5.32 Å². The first-order valence-electron chi connectivity index (χ1n) is 6.81. The van der Waals surface area contributed by atoms with Crippen molar-refractivity contribution >= 4 is 0 Å². The van der Waals surface area contributed by atoms with E-state index in [1.54, 1.807) is 0 Å². The number of rotatable bonds is 6. The van der Waals surface area contributed by atoms with E-state index >= 15 is 0 Å². The number of nitrogens with one attached hydrogen (secondary N) is 1. The zero-order valence-electron chi connectivity index (χ0n) is 11.3. The van der Waals surface area contributed by atoms with E-state index in [0.717, 1.165) is 13.0 Å². The highest BCUT2D eigenvalue weighted by atomic mass is 16.3. The standard InChI is InChI=1S/C17H21NO/c1-14(18-12-5-13-19)15-8-10-17(11-9-15)16-6-3-2-4-7-16/h2-4,6-11,14,18-19H,5,12-13H2,1H3. The summed E-state index contributed by atoms with van der Waals surface area (Å²) in [5.41, 5.74) is 3.76. The van der Waals surface area contributed by atoms with Gasteiger partial charge < -0.3 is 10.4 Å². The van der Waals surface area contributed by atoms with Gasteiger partial charge in [0, 0.05) is 12.6 Å². The summed E-state index contributed by atoms with van der Waals surface area (Å²) >= 11 is 0. The SMILES string of the molecule is CC(NCCCO)c1ccc(-c2ccccc2)cc1. The van der Waals surface area contributed by atoms with Gasteiger partial charge in [-0.2, -0.15) is 0 Å². The highest BCUT2D eigenvalue weighted by molar-refractivity contribution is 5.63. The summed E-state index contributed by atoms with van der Waals surface area (Å²) in [6, 6.07) is 19.4. The Labute approximate surface area is 115 Å². The fraction of sp³-hybridized carbons (Fsp3) is 0.294. The van der Waals surface area contributed by atoms with Gasteiger partial charge in [0.15, 0.2) is 0 Å². The molecule has 0 fully saturated rings. The van der Waals surface area contributed by atoms with Gasteiger partial charge in [-0.05, 0) is 36.6 Å². The normalized spacial score (nSPS) is 12.3. The first-order chi connectivity index (χ1) is 9.31. The lowest BCUT2D eigenvalue weighted by molar-refractivity contribution is 0.284. The molecule has 0 aliphatic heterocycles. The molecule has 2 aromatic rings. The molecule has 19 heavy (non-hydrogen) atoms. The van der Waals surface area contributed by atoms with Crippen LogP contribution in [-0.2, 0) is 0 Å². The van der Waals surface area contributed by atoms with Crippen molar-refractivity contribution in [1.29, 1.82) is 0 Å². The molecule has 2 nitrogen and oxygen atoms in total. The topological polar surface area (TPSA) is 32.3 Å². The number of aliphatic hydroxyl groups excluding tert-OH is 1. The molecular formula is C17H21NO. The van der Waals surface area contributed by atoms with Gasteiger partial charge in [0.1, 0.15) is 0 Å². The molecule has 0 spiro atoms. The lowest BCUT2D eigenvalue weighted by atomic mass is 10.0. The van der Waals surface area contributed by atoms with Gasteiger partial charge in [-0.15, -0.1) is 0 Å². The summed E-state index contributed by atoms with van der Waals surface area (Å²) in [5, 5.41) is 12.2. The monoisotopic (exact) mass is 255 g/mol. The molecule has 2 heteroatoms. The molecule has 2 rings (SSSR count). The predicted molar refractivity (Wildman–Crippen MR) is 80.0 cm³/mol. The summed E-state index contributed by atoms with van der Waals surface area (Å²) in [4.78, 5) is 0. The minimum absolute atomic E-state index is 0.243. The minimum atomic E-state index is 0.243. The van der Waals surface area contributed by atoms with E-state index in [1.807, 2.05) is 6.07 Å². The second-order valence-electron chi connectivity index (χ2n) is 4.74. The van der Waals surface area contributed by atoms with Crippen LogP contribution in [0.1, 0.15) is 24.9 Å². The smallest absolute Gasteiger partial charge is 0.0443 e. The molecule has 0 heterocycles. The summed E-state index contributed by atoms with van der Waals surface area (Å²) in [7, 11) is 0. The van der Waals surface area contributed by atoms with Crippen LogP contribution in [0.15, 0.2) is 54.6 Å². The Balaban J connectivity index is 2.02. The molecule has 0 aromatic heterocycles. The van der Waals surface area contributed by atoms with E-state index in [2.05, 4.69) is 60.8 Å². The molecule has 100 valence electrons. The number of hydrogen-bond donors (Lipinski definition) is 2. The first kappa shape index (κ1) is 13.8. The van der Waals surface area contributed by atoms with Gasteiger partial charge in [0.2, 0.25) is 0 Å². The summed E-state index contributed by atoms with van der Waals surface area (Å²) < 4.78 is 0. The predicted octanol–water partition coefficient (Wildman–Crippen LogP) is 3.39. The van der Waals surface area contributed by atoms with Crippen LogP contribution >= 0.6 is 0 Å². The average Bonchev–Trinajstić information content (AvgIpc) is 2.48. The van der Waals surface area contributed by atoms with Crippen molar-refractivity contribution in [3.05, 3.63) is 60.2 Å². The van der Waals surface area contributed by atoms with E-state index in [9.17, 15) is 0 Å². The molecule has 0 amide bonds. The Morgan fingerprint density at radius 2 is 1.58 bits per heavy atom. The Morgan fingerprint density at radius 3 is 2.21 bits per heavy atom. The number of benzene rings is 2. The van der Waals surface area contributed by atoms with E-state index in [4.69, 9.17) is 5.11 Å². The lowest BCUT2D eigenvalue weighted by Gasteiger charge is -2.14. The average molecular weight is 255 g/mol. The van der Waals surface area contributed by atoms with Crippen LogP contribution in [0, 0.1) is 0 Å². The highest BCUT2D eigenvalue weighted by Gasteiger charge is 2.04. The van der Waals surface area contributed by atoms with Crippen LogP contribution in [-0.4, -0.2) is 18.3 Å². The van der Waals surface area contributed by atoms with Crippen LogP contribution in [0.4, 0.5) is 0 Å². The van der Waals surface area contributed by atoms with Gasteiger partial charge in [0.05, 0.1) is 0 Å². The van der Waals surface area contributed by atoms with E-state index in [0.29, 0.717) is 6.04 Å². The molecule has 0 saturated carbocycles. The maximum absolute atomic E-state index is 8.77. The summed E-state index contributed by atoms with van der Waals surface area (Å²) in [6.07, 6.45) is 0.798. The van der Waals surface area contributed by atoms with E-state index in [1.165, 1.54) is 16.7 Å². The highest BCUT2D eigenvalue weighted by Crippen LogP contribution is 2.21. The van der Waals surface area contributed by atoms with Crippen LogP contribution in [0.5, 0.6) is 0 Å². The Kier molecular flexibility index (Phi) is 5.13. The summed E-state index contributed by atoms with van der Waals surface area (Å²) in [6.45, 7) is 3.24. The van der Waals surface area contributed by atoms with Crippen molar-refractivity contribution < 1.29 is 5.11 Å². The number of hydrogen-bond acceptors (Lipinski definition) is 2. The third kappa shape index (κ3) is 3.91. The van der Waals surface area contributed by atoms with Gasteiger partial charge in [-0.3, -0.25) is 0 Å².